The van der Waals surface area contributed by atoms with Crippen LogP contribution in [0, 0.1) is 5.92 Å². The summed E-state index contributed by atoms with van der Waals surface area (Å²) in [6.45, 7) is 2.24. The number of nitrogens with two attached hydrogens (primary N) is 1. The molecule has 2 saturated carbocycles. The van der Waals surface area contributed by atoms with Crippen LogP contribution in [0.25, 0.3) is 0 Å². The summed E-state index contributed by atoms with van der Waals surface area (Å²) < 4.78 is 0. The van der Waals surface area contributed by atoms with Crippen LogP contribution in [-0.4, -0.2) is 18.0 Å². The second kappa shape index (κ2) is 5.55. The molecule has 2 rings (SSSR count). The van der Waals surface area contributed by atoms with Gasteiger partial charge in [0.2, 0.25) is 0 Å². The number of nitrogens with zero attached hydrogens (tertiary/aromatic N) is 1. The maximum absolute atomic E-state index is 5.94. The Bertz CT molecular complexity index is 244. The Morgan fingerprint density at radius 1 is 1.31 bits per heavy atom. The van der Waals surface area contributed by atoms with Gasteiger partial charge in [0.05, 0.1) is 6.04 Å². The highest BCUT2D eigenvalue weighted by atomic mass is 15.1. The first-order valence-corrected chi connectivity index (χ1v) is 6.89. The van der Waals surface area contributed by atoms with Gasteiger partial charge in [-0.25, -0.2) is 4.99 Å². The third kappa shape index (κ3) is 3.39. The molecule has 2 unspecified atom stereocenters. The largest absolute Gasteiger partial charge is 0.370 e. The Hall–Kier alpha value is -0.730. The molecule has 0 aromatic carbocycles. The molecular formula is C13H25N3. The second-order valence-corrected chi connectivity index (χ2v) is 5.35. The molecule has 0 bridgehead atoms. The Morgan fingerprint density at radius 3 is 2.75 bits per heavy atom. The average Bonchev–Trinajstić information content (AvgIpc) is 2.98. The van der Waals surface area contributed by atoms with E-state index in [1.54, 1.807) is 0 Å². The van der Waals surface area contributed by atoms with E-state index >= 15 is 0 Å². The van der Waals surface area contributed by atoms with Crippen LogP contribution in [0.5, 0.6) is 0 Å². The molecule has 92 valence electrons. The fourth-order valence-corrected chi connectivity index (χ4v) is 2.74. The smallest absolute Gasteiger partial charge is 0.189 e. The van der Waals surface area contributed by atoms with Crippen molar-refractivity contribution in [3.05, 3.63) is 0 Å². The van der Waals surface area contributed by atoms with E-state index in [2.05, 4.69) is 17.2 Å². The molecule has 3 N–H and O–H groups in total. The molecule has 0 aromatic heterocycles. The van der Waals surface area contributed by atoms with Gasteiger partial charge in [0.15, 0.2) is 5.96 Å². The second-order valence-electron chi connectivity index (χ2n) is 5.35. The maximum atomic E-state index is 5.94. The van der Waals surface area contributed by atoms with E-state index in [0.717, 1.165) is 5.92 Å². The Morgan fingerprint density at radius 2 is 2.06 bits per heavy atom. The lowest BCUT2D eigenvalue weighted by atomic mass is 9.96. The molecule has 2 fully saturated rings. The molecule has 3 nitrogen and oxygen atoms in total. The first-order chi connectivity index (χ1) is 7.79. The SMILES string of the molecule is CCCC1CC1N=C(N)NC1CCCCC1. The van der Waals surface area contributed by atoms with Gasteiger partial charge in [0, 0.05) is 6.04 Å². The number of hydrogen-bond donors (Lipinski definition) is 2. The topological polar surface area (TPSA) is 50.4 Å². The first kappa shape index (κ1) is 11.7. The summed E-state index contributed by atoms with van der Waals surface area (Å²) in [5.74, 6) is 1.51. The zero-order chi connectivity index (χ0) is 11.4. The lowest BCUT2D eigenvalue weighted by Gasteiger charge is -2.23. The van der Waals surface area contributed by atoms with Gasteiger partial charge in [-0.3, -0.25) is 0 Å². The van der Waals surface area contributed by atoms with E-state index in [1.165, 1.54) is 51.4 Å². The molecule has 2 aliphatic carbocycles. The Kier molecular flexibility index (Phi) is 4.08. The normalized spacial score (nSPS) is 31.4. The monoisotopic (exact) mass is 223 g/mol. The zero-order valence-electron chi connectivity index (χ0n) is 10.4. The maximum Gasteiger partial charge on any atom is 0.189 e. The van der Waals surface area contributed by atoms with Crippen molar-refractivity contribution >= 4 is 5.96 Å². The molecule has 0 heterocycles. The summed E-state index contributed by atoms with van der Waals surface area (Å²) in [7, 11) is 0. The minimum Gasteiger partial charge on any atom is -0.370 e. The van der Waals surface area contributed by atoms with Crippen molar-refractivity contribution < 1.29 is 0 Å². The minimum atomic E-state index is 0.524. The molecule has 3 heteroatoms. The minimum absolute atomic E-state index is 0.524. The van der Waals surface area contributed by atoms with Crippen molar-refractivity contribution in [1.29, 1.82) is 0 Å². The van der Waals surface area contributed by atoms with Crippen molar-refractivity contribution in [3.63, 3.8) is 0 Å². The van der Waals surface area contributed by atoms with Crippen LogP contribution in [0.3, 0.4) is 0 Å². The van der Waals surface area contributed by atoms with Crippen LogP contribution < -0.4 is 11.1 Å². The van der Waals surface area contributed by atoms with Gasteiger partial charge in [-0.05, 0) is 31.6 Å². The van der Waals surface area contributed by atoms with Crippen molar-refractivity contribution in [2.45, 2.75) is 70.4 Å². The van der Waals surface area contributed by atoms with Crippen LogP contribution in [0.1, 0.15) is 58.3 Å². The third-order valence-corrected chi connectivity index (χ3v) is 3.81. The van der Waals surface area contributed by atoms with Crippen molar-refractivity contribution in [3.8, 4) is 0 Å². The third-order valence-electron chi connectivity index (χ3n) is 3.81. The Balaban J connectivity index is 1.70. The van der Waals surface area contributed by atoms with Crippen LogP contribution >= 0.6 is 0 Å². The summed E-state index contributed by atoms with van der Waals surface area (Å²) in [6.07, 6.45) is 10.4. The van der Waals surface area contributed by atoms with Gasteiger partial charge < -0.3 is 11.1 Å². The van der Waals surface area contributed by atoms with E-state index in [4.69, 9.17) is 5.73 Å². The molecule has 2 aliphatic rings. The van der Waals surface area contributed by atoms with Crippen molar-refractivity contribution in [2.24, 2.45) is 16.6 Å². The average molecular weight is 223 g/mol. The van der Waals surface area contributed by atoms with Crippen LogP contribution in [-0.2, 0) is 0 Å². The number of rotatable bonds is 4. The molecular weight excluding hydrogens is 198 g/mol. The highest BCUT2D eigenvalue weighted by Crippen LogP contribution is 2.37. The van der Waals surface area contributed by atoms with Gasteiger partial charge in [0.25, 0.3) is 0 Å². The predicted molar refractivity (Wildman–Crippen MR) is 68.4 cm³/mol. The number of nitrogens with one attached hydrogen (secondary N) is 1. The standard InChI is InChI=1S/C13H25N3/c1-2-6-10-9-12(10)16-13(14)15-11-7-4-3-5-8-11/h10-12H,2-9H2,1H3,(H3,14,15,16). The highest BCUT2D eigenvalue weighted by Gasteiger charge is 2.36. The van der Waals surface area contributed by atoms with Crippen LogP contribution in [0.4, 0.5) is 0 Å². The van der Waals surface area contributed by atoms with E-state index in [9.17, 15) is 0 Å². The fourth-order valence-electron chi connectivity index (χ4n) is 2.74. The zero-order valence-corrected chi connectivity index (χ0v) is 10.4. The molecule has 0 aromatic rings. The molecule has 0 saturated heterocycles. The molecule has 0 amide bonds. The number of guanidine groups is 1. The van der Waals surface area contributed by atoms with E-state index in [1.807, 2.05) is 0 Å². The highest BCUT2D eigenvalue weighted by molar-refractivity contribution is 5.78. The summed E-state index contributed by atoms with van der Waals surface area (Å²) in [5.41, 5.74) is 5.94. The summed E-state index contributed by atoms with van der Waals surface area (Å²) in [6, 6.07) is 1.11. The van der Waals surface area contributed by atoms with E-state index in [-0.39, 0.29) is 0 Å². The molecule has 0 aliphatic heterocycles. The number of aliphatic imine (C=N–C) groups is 1. The lowest BCUT2D eigenvalue weighted by molar-refractivity contribution is 0.412. The van der Waals surface area contributed by atoms with E-state index in [0.29, 0.717) is 18.0 Å². The van der Waals surface area contributed by atoms with Gasteiger partial charge in [-0.2, -0.15) is 0 Å². The van der Waals surface area contributed by atoms with Gasteiger partial charge >= 0.3 is 0 Å². The first-order valence-electron chi connectivity index (χ1n) is 6.89. The fraction of sp³-hybridized carbons (Fsp3) is 0.923. The summed E-state index contributed by atoms with van der Waals surface area (Å²) in [5, 5.41) is 3.38. The van der Waals surface area contributed by atoms with Gasteiger partial charge in [-0.1, -0.05) is 32.6 Å². The summed E-state index contributed by atoms with van der Waals surface area (Å²) >= 11 is 0. The van der Waals surface area contributed by atoms with Crippen molar-refractivity contribution in [1.82, 2.24) is 5.32 Å². The predicted octanol–water partition coefficient (Wildman–Crippen LogP) is 2.41. The molecule has 0 radical (unpaired) electrons. The van der Waals surface area contributed by atoms with E-state index < -0.39 is 0 Å². The number of hydrogen-bond acceptors (Lipinski definition) is 1. The van der Waals surface area contributed by atoms with Gasteiger partial charge in [0.1, 0.15) is 0 Å². The molecule has 16 heavy (non-hydrogen) atoms. The van der Waals surface area contributed by atoms with Crippen LogP contribution in [0.15, 0.2) is 4.99 Å². The molecule has 2 atom stereocenters. The lowest BCUT2D eigenvalue weighted by Crippen LogP contribution is -2.41. The Labute approximate surface area is 98.9 Å². The summed E-state index contributed by atoms with van der Waals surface area (Å²) in [4.78, 5) is 4.57. The molecule has 0 spiro atoms. The van der Waals surface area contributed by atoms with Gasteiger partial charge in [-0.15, -0.1) is 0 Å². The van der Waals surface area contributed by atoms with Crippen LogP contribution in [0.2, 0.25) is 0 Å². The quantitative estimate of drug-likeness (QED) is 0.568. The van der Waals surface area contributed by atoms with Crippen molar-refractivity contribution in [2.75, 3.05) is 0 Å².